The van der Waals surface area contributed by atoms with E-state index in [1.807, 2.05) is 0 Å². The molecule has 0 aliphatic carbocycles. The first-order chi connectivity index (χ1) is 14.3. The molecule has 3 N–H and O–H groups in total. The van der Waals surface area contributed by atoms with Gasteiger partial charge < -0.3 is 10.2 Å². The molecular formula is C19H24F3N5O2S. The fourth-order valence-electron chi connectivity index (χ4n) is 4.54. The third kappa shape index (κ3) is 4.34. The van der Waals surface area contributed by atoms with Crippen LogP contribution in [0.5, 0.6) is 5.75 Å². The van der Waals surface area contributed by atoms with Crippen LogP contribution in [0.1, 0.15) is 38.2 Å². The normalized spacial score (nSPS) is 24.3. The first kappa shape index (κ1) is 21.2. The Hall–Kier alpha value is -2.08. The Morgan fingerprint density at radius 3 is 2.97 bits per heavy atom. The van der Waals surface area contributed by atoms with Gasteiger partial charge in [-0.15, -0.1) is 11.3 Å². The summed E-state index contributed by atoms with van der Waals surface area (Å²) >= 11 is 1.20. The highest BCUT2D eigenvalue weighted by molar-refractivity contribution is 7.13. The van der Waals surface area contributed by atoms with Crippen molar-refractivity contribution >= 4 is 22.2 Å². The molecule has 30 heavy (non-hydrogen) atoms. The van der Waals surface area contributed by atoms with Gasteiger partial charge in [-0.2, -0.15) is 13.2 Å². The molecular weight excluding hydrogens is 419 g/mol. The van der Waals surface area contributed by atoms with Crippen molar-refractivity contribution in [1.82, 2.24) is 15.2 Å². The van der Waals surface area contributed by atoms with E-state index in [0.717, 1.165) is 38.3 Å². The van der Waals surface area contributed by atoms with Crippen LogP contribution in [-0.2, 0) is 6.18 Å². The predicted molar refractivity (Wildman–Crippen MR) is 107 cm³/mol. The summed E-state index contributed by atoms with van der Waals surface area (Å²) in [5, 5.41) is 15.1. The number of halogens is 3. The highest BCUT2D eigenvalue weighted by Gasteiger charge is 2.47. The molecule has 0 bridgehead atoms. The van der Waals surface area contributed by atoms with Crippen molar-refractivity contribution in [2.75, 3.05) is 23.8 Å². The SMILES string of the molecule is CC1CCC2(CNc3ccc(ON(O)Nc4nccs4)cc3C(F)(F)F)CCCN12. The molecule has 0 saturated carbocycles. The van der Waals surface area contributed by atoms with Gasteiger partial charge in [0, 0.05) is 35.4 Å². The molecule has 164 valence electrons. The maximum absolute atomic E-state index is 13.7. The summed E-state index contributed by atoms with van der Waals surface area (Å²) < 4.78 is 41.1. The lowest BCUT2D eigenvalue weighted by atomic mass is 9.93. The first-order valence-corrected chi connectivity index (χ1v) is 10.7. The number of thiazole rings is 1. The average molecular weight is 443 g/mol. The number of hydrogen-bond donors (Lipinski definition) is 3. The number of hydrogen-bond acceptors (Lipinski definition) is 8. The maximum atomic E-state index is 13.7. The summed E-state index contributed by atoms with van der Waals surface area (Å²) in [5.74, 6) is -0.158. The van der Waals surface area contributed by atoms with Crippen molar-refractivity contribution in [3.8, 4) is 5.75 Å². The second-order valence-electron chi connectivity index (χ2n) is 7.78. The summed E-state index contributed by atoms with van der Waals surface area (Å²) in [6.07, 6.45) is 1.07. The molecule has 2 fully saturated rings. The largest absolute Gasteiger partial charge is 0.418 e. The number of hydrazine groups is 1. The maximum Gasteiger partial charge on any atom is 0.418 e. The van der Waals surface area contributed by atoms with E-state index in [1.165, 1.54) is 29.7 Å². The lowest BCUT2D eigenvalue weighted by Gasteiger charge is -2.35. The first-order valence-electron chi connectivity index (χ1n) is 9.82. The topological polar surface area (TPSA) is 72.9 Å². The van der Waals surface area contributed by atoms with E-state index in [2.05, 4.69) is 27.6 Å². The average Bonchev–Trinajstić information content (AvgIpc) is 3.39. The van der Waals surface area contributed by atoms with Crippen molar-refractivity contribution < 1.29 is 23.2 Å². The molecule has 1 aromatic carbocycles. The summed E-state index contributed by atoms with van der Waals surface area (Å²) in [7, 11) is 0. The van der Waals surface area contributed by atoms with Crippen molar-refractivity contribution in [3.63, 3.8) is 0 Å². The van der Waals surface area contributed by atoms with Gasteiger partial charge in [-0.05, 0) is 57.4 Å². The summed E-state index contributed by atoms with van der Waals surface area (Å²) in [6.45, 7) is 3.65. The van der Waals surface area contributed by atoms with E-state index in [1.54, 1.807) is 5.38 Å². The third-order valence-electron chi connectivity index (χ3n) is 5.93. The number of benzene rings is 1. The van der Waals surface area contributed by atoms with Crippen LogP contribution >= 0.6 is 11.3 Å². The smallest absolute Gasteiger partial charge is 0.383 e. The molecule has 2 atom stereocenters. The van der Waals surface area contributed by atoms with Gasteiger partial charge in [-0.3, -0.25) is 10.1 Å². The summed E-state index contributed by atoms with van der Waals surface area (Å²) in [5.41, 5.74) is 1.50. The van der Waals surface area contributed by atoms with Crippen molar-refractivity contribution in [1.29, 1.82) is 0 Å². The van der Waals surface area contributed by atoms with Gasteiger partial charge in [-0.25, -0.2) is 10.4 Å². The molecule has 0 radical (unpaired) electrons. The van der Waals surface area contributed by atoms with Crippen molar-refractivity contribution in [3.05, 3.63) is 35.3 Å². The third-order valence-corrected chi connectivity index (χ3v) is 6.61. The van der Waals surface area contributed by atoms with Gasteiger partial charge in [0.2, 0.25) is 5.13 Å². The second kappa shape index (κ2) is 8.22. The van der Waals surface area contributed by atoms with Gasteiger partial charge in [-0.1, -0.05) is 0 Å². The minimum atomic E-state index is -4.57. The molecule has 2 aliphatic heterocycles. The van der Waals surface area contributed by atoms with Gasteiger partial charge in [0.1, 0.15) is 0 Å². The lowest BCUT2D eigenvalue weighted by Crippen LogP contribution is -2.46. The number of alkyl halides is 3. The molecule has 2 aliphatic rings. The second-order valence-corrected chi connectivity index (χ2v) is 8.68. The fourth-order valence-corrected chi connectivity index (χ4v) is 5.04. The Morgan fingerprint density at radius 1 is 1.40 bits per heavy atom. The number of aromatic nitrogens is 1. The van der Waals surface area contributed by atoms with E-state index >= 15 is 0 Å². The highest BCUT2D eigenvalue weighted by Crippen LogP contribution is 2.43. The summed E-state index contributed by atoms with van der Waals surface area (Å²) in [4.78, 5) is 11.4. The van der Waals surface area contributed by atoms with Gasteiger partial charge in [0.05, 0.1) is 10.9 Å². The standard InChI is InChI=1S/C19H24F3N5O2S/c1-13-5-7-18(6-2-9-26(13)18)12-24-16-4-3-14(11-15(16)19(20,21)22)29-27(28)25-17-23-8-10-30-17/h3-4,8,10-11,13,24,28H,2,5-7,9,12H2,1H3,(H,23,25). The molecule has 0 amide bonds. The Balaban J connectivity index is 1.48. The summed E-state index contributed by atoms with van der Waals surface area (Å²) in [6, 6.07) is 4.05. The lowest BCUT2D eigenvalue weighted by molar-refractivity contribution is -0.262. The molecule has 0 spiro atoms. The van der Waals surface area contributed by atoms with Crippen molar-refractivity contribution in [2.45, 2.75) is 50.4 Å². The number of nitrogens with zero attached hydrogens (tertiary/aromatic N) is 3. The zero-order valence-corrected chi connectivity index (χ0v) is 17.3. The Bertz CT molecular complexity index is 866. The zero-order valence-electron chi connectivity index (χ0n) is 16.4. The molecule has 4 rings (SSSR count). The highest BCUT2D eigenvalue weighted by atomic mass is 32.1. The van der Waals surface area contributed by atoms with Crippen LogP contribution in [0.3, 0.4) is 0 Å². The van der Waals surface area contributed by atoms with Crippen LogP contribution < -0.4 is 15.6 Å². The molecule has 2 aromatic rings. The number of fused-ring (bicyclic) bond motifs is 1. The Kier molecular flexibility index (Phi) is 5.80. The van der Waals surface area contributed by atoms with Crippen molar-refractivity contribution in [2.24, 2.45) is 0 Å². The Morgan fingerprint density at radius 2 is 2.23 bits per heavy atom. The number of rotatable bonds is 7. The molecule has 7 nitrogen and oxygen atoms in total. The Labute approximate surface area is 176 Å². The van der Waals surface area contributed by atoms with Gasteiger partial charge in [0.25, 0.3) is 0 Å². The van der Waals surface area contributed by atoms with E-state index in [9.17, 15) is 18.4 Å². The quantitative estimate of drug-likeness (QED) is 0.540. The molecule has 11 heteroatoms. The van der Waals surface area contributed by atoms with E-state index in [-0.39, 0.29) is 22.3 Å². The monoisotopic (exact) mass is 443 g/mol. The van der Waals surface area contributed by atoms with E-state index in [0.29, 0.717) is 17.7 Å². The minimum Gasteiger partial charge on any atom is -0.383 e. The van der Waals surface area contributed by atoms with Crippen LogP contribution in [0.25, 0.3) is 0 Å². The fraction of sp³-hybridized carbons (Fsp3) is 0.526. The molecule has 2 unspecified atom stereocenters. The van der Waals surface area contributed by atoms with E-state index in [4.69, 9.17) is 4.84 Å². The number of anilines is 2. The van der Waals surface area contributed by atoms with Crippen LogP contribution in [0.2, 0.25) is 0 Å². The van der Waals surface area contributed by atoms with Gasteiger partial charge in [0.15, 0.2) is 5.75 Å². The van der Waals surface area contributed by atoms with Crippen LogP contribution in [0.4, 0.5) is 24.0 Å². The van der Waals surface area contributed by atoms with Crippen LogP contribution in [0.15, 0.2) is 29.8 Å². The molecule has 1 aromatic heterocycles. The number of nitrogens with one attached hydrogen (secondary N) is 2. The van der Waals surface area contributed by atoms with E-state index < -0.39 is 11.7 Å². The van der Waals surface area contributed by atoms with Gasteiger partial charge >= 0.3 is 6.18 Å². The van der Waals surface area contributed by atoms with Crippen LogP contribution in [-0.4, -0.2) is 45.1 Å². The van der Waals surface area contributed by atoms with Crippen LogP contribution in [0, 0.1) is 0 Å². The molecule has 2 saturated heterocycles. The predicted octanol–water partition coefficient (Wildman–Crippen LogP) is 4.60. The minimum absolute atomic E-state index is 0.00741. The molecule has 3 heterocycles. The zero-order chi connectivity index (χ0) is 21.4.